The van der Waals surface area contributed by atoms with Crippen molar-refractivity contribution in [3.63, 3.8) is 0 Å². The topological polar surface area (TPSA) is 9.23 Å². The van der Waals surface area contributed by atoms with Gasteiger partial charge in [0.05, 0.1) is 0 Å². The van der Waals surface area contributed by atoms with Crippen molar-refractivity contribution in [2.24, 2.45) is 0 Å². The summed E-state index contributed by atoms with van der Waals surface area (Å²) in [6.07, 6.45) is -1.03. The molecule has 2 aromatic rings. The van der Waals surface area contributed by atoms with Crippen LogP contribution in [0.2, 0.25) is 0 Å². The maximum Gasteiger partial charge on any atom is 0.573 e. The Bertz CT molecular complexity index is 914. The molecule has 0 radical (unpaired) electrons. The average Bonchev–Trinajstić information content (AvgIpc) is 2.62. The number of unbranched alkanes of at least 4 members (excludes halogenated alkanes) is 1. The van der Waals surface area contributed by atoms with Gasteiger partial charge in [0.15, 0.2) is 11.6 Å². The fourth-order valence-electron chi connectivity index (χ4n) is 3.34. The second kappa shape index (κ2) is 7.89. The molecule has 0 fully saturated rings. The van der Waals surface area contributed by atoms with E-state index in [4.69, 9.17) is 0 Å². The zero-order valence-corrected chi connectivity index (χ0v) is 15.1. The molecule has 2 aromatic carbocycles. The smallest absolute Gasteiger partial charge is 0.399 e. The van der Waals surface area contributed by atoms with Crippen LogP contribution in [-0.4, -0.2) is 6.36 Å². The average molecular weight is 400 g/mol. The number of ether oxygens (including phenoxy) is 1. The van der Waals surface area contributed by atoms with Crippen LogP contribution in [0.25, 0.3) is 5.57 Å². The summed E-state index contributed by atoms with van der Waals surface area (Å²) in [4.78, 5) is 0. The molecule has 1 nitrogen and oxygen atoms in total. The fraction of sp³-hybridized carbons (Fsp3) is 0.333. The normalized spacial score (nSPS) is 13.9. The highest BCUT2D eigenvalue weighted by Crippen LogP contribution is 2.37. The van der Waals surface area contributed by atoms with Crippen LogP contribution < -0.4 is 4.74 Å². The van der Waals surface area contributed by atoms with Crippen LogP contribution in [0.1, 0.15) is 42.0 Å². The van der Waals surface area contributed by atoms with Gasteiger partial charge in [-0.25, -0.2) is 13.2 Å². The van der Waals surface area contributed by atoms with Gasteiger partial charge in [-0.15, -0.1) is 13.2 Å². The quantitative estimate of drug-likeness (QED) is 0.519. The van der Waals surface area contributed by atoms with Crippen LogP contribution in [0.5, 0.6) is 5.75 Å². The van der Waals surface area contributed by atoms with E-state index < -0.39 is 29.6 Å². The predicted molar refractivity (Wildman–Crippen MR) is 93.4 cm³/mol. The van der Waals surface area contributed by atoms with Crippen molar-refractivity contribution in [3.05, 3.63) is 70.0 Å². The van der Waals surface area contributed by atoms with Gasteiger partial charge in [0.25, 0.3) is 0 Å². The Morgan fingerprint density at radius 1 is 1.04 bits per heavy atom. The molecular weight excluding hydrogens is 382 g/mol. The van der Waals surface area contributed by atoms with Crippen LogP contribution in [0.3, 0.4) is 0 Å². The van der Waals surface area contributed by atoms with E-state index in [0.717, 1.165) is 30.9 Å². The van der Waals surface area contributed by atoms with E-state index in [9.17, 15) is 26.3 Å². The highest BCUT2D eigenvalue weighted by Gasteiger charge is 2.35. The SMILES string of the molecule is CCCCc1ccc(C2=CCc3c(cc(F)c(OC(F)(F)F)c3F)C2)c(F)c1. The predicted octanol–water partition coefficient (Wildman–Crippen LogP) is 6.53. The molecule has 0 heterocycles. The number of fused-ring (bicyclic) bond motifs is 1. The number of benzene rings is 2. The molecule has 150 valence electrons. The molecule has 0 N–H and O–H groups in total. The van der Waals surface area contributed by atoms with Crippen molar-refractivity contribution in [1.29, 1.82) is 0 Å². The molecule has 28 heavy (non-hydrogen) atoms. The van der Waals surface area contributed by atoms with Crippen LogP contribution in [0, 0.1) is 17.5 Å². The third kappa shape index (κ3) is 4.34. The summed E-state index contributed by atoms with van der Waals surface area (Å²) in [5.74, 6) is -4.71. The lowest BCUT2D eigenvalue weighted by Crippen LogP contribution is -2.20. The van der Waals surface area contributed by atoms with Gasteiger partial charge >= 0.3 is 6.36 Å². The van der Waals surface area contributed by atoms with Crippen LogP contribution in [-0.2, 0) is 19.3 Å². The molecule has 0 unspecified atom stereocenters. The molecule has 0 bridgehead atoms. The van der Waals surface area contributed by atoms with Crippen molar-refractivity contribution in [3.8, 4) is 5.75 Å². The molecule has 3 rings (SSSR count). The maximum absolute atomic E-state index is 14.5. The zero-order valence-electron chi connectivity index (χ0n) is 15.1. The third-order valence-corrected chi connectivity index (χ3v) is 4.72. The molecule has 0 saturated carbocycles. The van der Waals surface area contributed by atoms with Crippen molar-refractivity contribution < 1.29 is 31.1 Å². The molecule has 0 saturated heterocycles. The minimum Gasteiger partial charge on any atom is -0.399 e. The van der Waals surface area contributed by atoms with E-state index in [1.807, 2.05) is 13.0 Å². The first kappa shape index (κ1) is 20.3. The maximum atomic E-state index is 14.5. The lowest BCUT2D eigenvalue weighted by atomic mass is 9.87. The van der Waals surface area contributed by atoms with E-state index in [-0.39, 0.29) is 24.0 Å². The zero-order chi connectivity index (χ0) is 20.5. The number of hydrogen-bond donors (Lipinski definition) is 0. The molecule has 0 aromatic heterocycles. The van der Waals surface area contributed by atoms with Crippen molar-refractivity contribution in [2.45, 2.75) is 45.4 Å². The fourth-order valence-corrected chi connectivity index (χ4v) is 3.34. The monoisotopic (exact) mass is 400 g/mol. The Morgan fingerprint density at radius 2 is 1.79 bits per heavy atom. The molecular formula is C21H18F6O. The highest BCUT2D eigenvalue weighted by atomic mass is 19.4. The van der Waals surface area contributed by atoms with Crippen LogP contribution in [0.15, 0.2) is 30.3 Å². The minimum absolute atomic E-state index is 0.0146. The van der Waals surface area contributed by atoms with Gasteiger partial charge in [-0.3, -0.25) is 0 Å². The first-order valence-corrected chi connectivity index (χ1v) is 8.93. The second-order valence-electron chi connectivity index (χ2n) is 6.71. The first-order valence-electron chi connectivity index (χ1n) is 8.93. The van der Waals surface area contributed by atoms with Gasteiger partial charge in [0.2, 0.25) is 5.75 Å². The number of hydrogen-bond acceptors (Lipinski definition) is 1. The van der Waals surface area contributed by atoms with Gasteiger partial charge in [0, 0.05) is 5.56 Å². The molecule has 0 amide bonds. The Balaban J connectivity index is 1.89. The second-order valence-corrected chi connectivity index (χ2v) is 6.71. The number of rotatable bonds is 5. The minimum atomic E-state index is -5.20. The van der Waals surface area contributed by atoms with Crippen LogP contribution >= 0.6 is 0 Å². The largest absolute Gasteiger partial charge is 0.573 e. The summed E-state index contributed by atoms with van der Waals surface area (Å²) in [7, 11) is 0. The summed E-state index contributed by atoms with van der Waals surface area (Å²) in [6, 6.07) is 5.71. The van der Waals surface area contributed by atoms with E-state index in [0.29, 0.717) is 11.1 Å². The molecule has 7 heteroatoms. The summed E-state index contributed by atoms with van der Waals surface area (Å²) in [5, 5.41) is 0. The van der Waals surface area contributed by atoms with Gasteiger partial charge in [-0.2, -0.15) is 0 Å². The van der Waals surface area contributed by atoms with Gasteiger partial charge in [-0.05, 0) is 60.1 Å². The molecule has 0 spiro atoms. The lowest BCUT2D eigenvalue weighted by Gasteiger charge is -2.21. The highest BCUT2D eigenvalue weighted by molar-refractivity contribution is 5.71. The van der Waals surface area contributed by atoms with E-state index in [1.54, 1.807) is 12.1 Å². The van der Waals surface area contributed by atoms with E-state index in [1.165, 1.54) is 6.07 Å². The summed E-state index contributed by atoms with van der Waals surface area (Å²) < 4.78 is 83.4. The number of aryl methyl sites for hydroxylation is 1. The van der Waals surface area contributed by atoms with E-state index >= 15 is 0 Å². The van der Waals surface area contributed by atoms with Gasteiger partial charge in [-0.1, -0.05) is 31.6 Å². The molecule has 0 atom stereocenters. The van der Waals surface area contributed by atoms with E-state index in [2.05, 4.69) is 4.74 Å². The van der Waals surface area contributed by atoms with Crippen molar-refractivity contribution in [2.75, 3.05) is 0 Å². The molecule has 1 aliphatic rings. The summed E-state index contributed by atoms with van der Waals surface area (Å²) >= 11 is 0. The number of halogens is 6. The summed E-state index contributed by atoms with van der Waals surface area (Å²) in [5.41, 5.74) is 1.82. The molecule has 0 aliphatic heterocycles. The Hall–Kier alpha value is -2.44. The van der Waals surface area contributed by atoms with Gasteiger partial charge in [0.1, 0.15) is 5.82 Å². The number of allylic oxidation sites excluding steroid dienone is 2. The van der Waals surface area contributed by atoms with Crippen LogP contribution in [0.4, 0.5) is 26.3 Å². The Labute approximate surface area is 158 Å². The first-order chi connectivity index (χ1) is 13.2. The van der Waals surface area contributed by atoms with Gasteiger partial charge < -0.3 is 4.74 Å². The third-order valence-electron chi connectivity index (χ3n) is 4.72. The lowest BCUT2D eigenvalue weighted by molar-refractivity contribution is -0.276. The Morgan fingerprint density at radius 3 is 2.43 bits per heavy atom. The number of alkyl halides is 3. The standard InChI is InChI=1S/C21H18F6O/c1-2-3-4-12-5-7-15(17(22)9-12)13-6-8-16-14(10-13)11-18(23)20(19(16)24)28-21(25,26)27/h5-7,9,11H,2-4,8,10H2,1H3. The summed E-state index contributed by atoms with van der Waals surface area (Å²) in [6.45, 7) is 2.04. The molecule has 1 aliphatic carbocycles. The van der Waals surface area contributed by atoms with Crippen molar-refractivity contribution in [1.82, 2.24) is 0 Å². The van der Waals surface area contributed by atoms with Crippen molar-refractivity contribution >= 4 is 5.57 Å². The Kier molecular flexibility index (Phi) is 5.72.